The van der Waals surface area contributed by atoms with E-state index in [2.05, 4.69) is 15.3 Å². The Morgan fingerprint density at radius 2 is 1.96 bits per heavy atom. The summed E-state index contributed by atoms with van der Waals surface area (Å²) < 4.78 is 0. The van der Waals surface area contributed by atoms with Crippen LogP contribution in [-0.4, -0.2) is 33.0 Å². The molecule has 118 valence electrons. The number of aromatic nitrogens is 2. The molecule has 3 rings (SSSR count). The molecular formula is C17H17N3O3. The zero-order valence-corrected chi connectivity index (χ0v) is 12.7. The first-order valence-electron chi connectivity index (χ1n) is 7.49. The maximum Gasteiger partial charge on any atom is 0.326 e. The molecule has 1 aromatic heterocycles. The van der Waals surface area contributed by atoms with Gasteiger partial charge in [-0.3, -0.25) is 4.79 Å². The van der Waals surface area contributed by atoms with Gasteiger partial charge in [-0.05, 0) is 25.7 Å². The van der Waals surface area contributed by atoms with Crippen LogP contribution >= 0.6 is 0 Å². The van der Waals surface area contributed by atoms with E-state index in [1.165, 1.54) is 6.20 Å². The number of carbonyl (C=O) groups excluding carboxylic acids is 1. The summed E-state index contributed by atoms with van der Waals surface area (Å²) in [6, 6.07) is 8.63. The molecule has 1 saturated carbocycles. The van der Waals surface area contributed by atoms with Crippen LogP contribution in [0.15, 0.2) is 36.5 Å². The highest BCUT2D eigenvalue weighted by molar-refractivity contribution is 5.97. The van der Waals surface area contributed by atoms with Crippen molar-refractivity contribution in [1.82, 2.24) is 15.3 Å². The van der Waals surface area contributed by atoms with Crippen molar-refractivity contribution >= 4 is 11.9 Å². The minimum absolute atomic E-state index is 0.0290. The van der Waals surface area contributed by atoms with Gasteiger partial charge in [0.15, 0.2) is 5.82 Å². The van der Waals surface area contributed by atoms with Gasteiger partial charge in [0.25, 0.3) is 5.91 Å². The standard InChI is InChI=1S/C17H17N3O3/c1-10-13(16(21)20-14(17(22)23)11-7-8-11)9-18-15(19-10)12-5-3-2-4-6-12/h2-6,9,11,14H,7-8H2,1H3,(H,20,21)(H,22,23). The fraction of sp³-hybridized carbons (Fsp3) is 0.294. The molecule has 0 saturated heterocycles. The number of carboxylic acids is 1. The van der Waals surface area contributed by atoms with E-state index in [4.69, 9.17) is 0 Å². The second-order valence-electron chi connectivity index (χ2n) is 5.69. The molecule has 1 aliphatic rings. The zero-order chi connectivity index (χ0) is 16.4. The second kappa shape index (κ2) is 6.16. The van der Waals surface area contributed by atoms with Gasteiger partial charge < -0.3 is 10.4 Å². The smallest absolute Gasteiger partial charge is 0.326 e. The van der Waals surface area contributed by atoms with Crippen molar-refractivity contribution in [1.29, 1.82) is 0 Å². The van der Waals surface area contributed by atoms with Gasteiger partial charge in [-0.1, -0.05) is 30.3 Å². The summed E-state index contributed by atoms with van der Waals surface area (Å²) in [5, 5.41) is 11.8. The van der Waals surface area contributed by atoms with Crippen molar-refractivity contribution in [3.63, 3.8) is 0 Å². The Hall–Kier alpha value is -2.76. The normalized spacial score (nSPS) is 15.0. The molecule has 1 aromatic carbocycles. The van der Waals surface area contributed by atoms with Crippen molar-refractivity contribution in [2.75, 3.05) is 0 Å². The van der Waals surface area contributed by atoms with E-state index in [1.807, 2.05) is 30.3 Å². The van der Waals surface area contributed by atoms with Crippen LogP contribution in [0.3, 0.4) is 0 Å². The van der Waals surface area contributed by atoms with Crippen molar-refractivity contribution < 1.29 is 14.7 Å². The fourth-order valence-electron chi connectivity index (χ4n) is 2.45. The Labute approximate surface area is 133 Å². The molecule has 1 amide bonds. The molecule has 2 N–H and O–H groups in total. The SMILES string of the molecule is Cc1nc(-c2ccccc2)ncc1C(=O)NC(C(=O)O)C1CC1. The van der Waals surface area contributed by atoms with Gasteiger partial charge in [-0.2, -0.15) is 0 Å². The topological polar surface area (TPSA) is 92.2 Å². The van der Waals surface area contributed by atoms with E-state index in [-0.39, 0.29) is 5.92 Å². The number of benzene rings is 1. The number of nitrogens with zero attached hydrogens (tertiary/aromatic N) is 2. The maximum atomic E-state index is 12.3. The monoisotopic (exact) mass is 311 g/mol. The first kappa shape index (κ1) is 15.1. The average Bonchev–Trinajstić information content (AvgIpc) is 3.37. The molecule has 1 fully saturated rings. The Morgan fingerprint density at radius 3 is 2.52 bits per heavy atom. The number of hydrogen-bond acceptors (Lipinski definition) is 4. The molecular weight excluding hydrogens is 294 g/mol. The second-order valence-corrected chi connectivity index (χ2v) is 5.69. The minimum atomic E-state index is -1.000. The molecule has 0 aliphatic heterocycles. The summed E-state index contributed by atoms with van der Waals surface area (Å²) in [6.45, 7) is 1.72. The van der Waals surface area contributed by atoms with Crippen LogP contribution in [0, 0.1) is 12.8 Å². The fourth-order valence-corrected chi connectivity index (χ4v) is 2.45. The summed E-state index contributed by atoms with van der Waals surface area (Å²) in [5.74, 6) is -0.875. The molecule has 6 nitrogen and oxygen atoms in total. The molecule has 2 aromatic rings. The van der Waals surface area contributed by atoms with E-state index in [0.29, 0.717) is 17.1 Å². The van der Waals surface area contributed by atoms with Crippen LogP contribution in [-0.2, 0) is 4.79 Å². The van der Waals surface area contributed by atoms with E-state index in [9.17, 15) is 14.7 Å². The molecule has 6 heteroatoms. The minimum Gasteiger partial charge on any atom is -0.480 e. The number of nitrogens with one attached hydrogen (secondary N) is 1. The number of hydrogen-bond donors (Lipinski definition) is 2. The quantitative estimate of drug-likeness (QED) is 0.881. The van der Waals surface area contributed by atoms with Crippen molar-refractivity contribution in [3.05, 3.63) is 47.8 Å². The van der Waals surface area contributed by atoms with Gasteiger partial charge in [-0.15, -0.1) is 0 Å². The van der Waals surface area contributed by atoms with Crippen LogP contribution in [0.1, 0.15) is 28.9 Å². The van der Waals surface area contributed by atoms with Crippen molar-refractivity contribution in [3.8, 4) is 11.4 Å². The lowest BCUT2D eigenvalue weighted by atomic mass is 10.1. The third kappa shape index (κ3) is 3.36. The molecule has 0 radical (unpaired) electrons. The van der Waals surface area contributed by atoms with Crippen LogP contribution < -0.4 is 5.32 Å². The summed E-state index contributed by atoms with van der Waals surface area (Å²) in [4.78, 5) is 32.1. The summed E-state index contributed by atoms with van der Waals surface area (Å²) >= 11 is 0. The lowest BCUT2D eigenvalue weighted by Gasteiger charge is -2.14. The summed E-state index contributed by atoms with van der Waals surface area (Å²) in [5.41, 5.74) is 1.69. The van der Waals surface area contributed by atoms with Crippen LogP contribution in [0.25, 0.3) is 11.4 Å². The number of rotatable bonds is 5. The van der Waals surface area contributed by atoms with Gasteiger partial charge in [0, 0.05) is 11.8 Å². The third-order valence-corrected chi connectivity index (χ3v) is 3.90. The van der Waals surface area contributed by atoms with Gasteiger partial charge in [0.05, 0.1) is 11.3 Å². The van der Waals surface area contributed by atoms with Gasteiger partial charge in [0.2, 0.25) is 0 Å². The molecule has 1 aliphatic carbocycles. The Balaban J connectivity index is 1.80. The van der Waals surface area contributed by atoms with Crippen molar-refractivity contribution in [2.45, 2.75) is 25.8 Å². The highest BCUT2D eigenvalue weighted by Gasteiger charge is 2.37. The van der Waals surface area contributed by atoms with E-state index < -0.39 is 17.9 Å². The predicted molar refractivity (Wildman–Crippen MR) is 83.8 cm³/mol. The number of aryl methyl sites for hydroxylation is 1. The van der Waals surface area contributed by atoms with E-state index in [1.54, 1.807) is 6.92 Å². The lowest BCUT2D eigenvalue weighted by Crippen LogP contribution is -2.42. The first-order chi connectivity index (χ1) is 11.1. The molecule has 1 heterocycles. The average molecular weight is 311 g/mol. The maximum absolute atomic E-state index is 12.3. The zero-order valence-electron chi connectivity index (χ0n) is 12.7. The molecule has 1 unspecified atom stereocenters. The van der Waals surface area contributed by atoms with Crippen LogP contribution in [0.2, 0.25) is 0 Å². The first-order valence-corrected chi connectivity index (χ1v) is 7.49. The third-order valence-electron chi connectivity index (χ3n) is 3.90. The molecule has 23 heavy (non-hydrogen) atoms. The van der Waals surface area contributed by atoms with Crippen molar-refractivity contribution in [2.24, 2.45) is 5.92 Å². The summed E-state index contributed by atoms with van der Waals surface area (Å²) in [7, 11) is 0. The van der Waals surface area contributed by atoms with E-state index >= 15 is 0 Å². The highest BCUT2D eigenvalue weighted by atomic mass is 16.4. The summed E-state index contributed by atoms with van der Waals surface area (Å²) in [6.07, 6.45) is 3.12. The Morgan fingerprint density at radius 1 is 1.26 bits per heavy atom. The number of aliphatic carboxylic acids is 1. The largest absolute Gasteiger partial charge is 0.480 e. The number of amides is 1. The lowest BCUT2D eigenvalue weighted by molar-refractivity contribution is -0.139. The number of carbonyl (C=O) groups is 2. The van der Waals surface area contributed by atoms with E-state index in [0.717, 1.165) is 18.4 Å². The molecule has 0 bridgehead atoms. The predicted octanol–water partition coefficient (Wildman–Crippen LogP) is 2.05. The number of carboxylic acid groups (broad SMARTS) is 1. The molecule has 1 atom stereocenters. The van der Waals surface area contributed by atoms with Crippen LogP contribution in [0.4, 0.5) is 0 Å². The Bertz CT molecular complexity index is 742. The van der Waals surface area contributed by atoms with Crippen LogP contribution in [0.5, 0.6) is 0 Å². The highest BCUT2D eigenvalue weighted by Crippen LogP contribution is 2.32. The van der Waals surface area contributed by atoms with Gasteiger partial charge in [0.1, 0.15) is 6.04 Å². The molecule has 0 spiro atoms. The van der Waals surface area contributed by atoms with Gasteiger partial charge in [-0.25, -0.2) is 14.8 Å². The Kier molecular flexibility index (Phi) is 4.06. The van der Waals surface area contributed by atoms with Gasteiger partial charge >= 0.3 is 5.97 Å².